The summed E-state index contributed by atoms with van der Waals surface area (Å²) in [5, 5.41) is 16.6. The van der Waals surface area contributed by atoms with Crippen molar-refractivity contribution in [3.05, 3.63) is 48.3 Å². The Labute approximate surface area is 181 Å². The predicted molar refractivity (Wildman–Crippen MR) is 116 cm³/mol. The highest BCUT2D eigenvalue weighted by Gasteiger charge is 2.41. The first-order valence-corrected chi connectivity index (χ1v) is 10.8. The molecule has 2 aromatic carbocycles. The third-order valence-electron chi connectivity index (χ3n) is 6.27. The van der Waals surface area contributed by atoms with Crippen molar-refractivity contribution in [2.24, 2.45) is 5.92 Å². The van der Waals surface area contributed by atoms with Crippen molar-refractivity contribution in [1.29, 1.82) is 0 Å². The Morgan fingerprint density at radius 3 is 2.52 bits per heavy atom. The summed E-state index contributed by atoms with van der Waals surface area (Å²) in [6.45, 7) is 3.45. The molecule has 2 aliphatic rings. The number of ether oxygens (including phenoxy) is 3. The molecule has 0 amide bonds. The monoisotopic (exact) mass is 421 g/mol. The molecule has 0 unspecified atom stereocenters. The molecular formula is C23H27N5O3. The lowest BCUT2D eigenvalue weighted by Crippen LogP contribution is -2.41. The van der Waals surface area contributed by atoms with E-state index < -0.39 is 0 Å². The van der Waals surface area contributed by atoms with Gasteiger partial charge < -0.3 is 19.5 Å². The summed E-state index contributed by atoms with van der Waals surface area (Å²) in [7, 11) is 1.66. The first-order valence-electron chi connectivity index (χ1n) is 10.8. The quantitative estimate of drug-likeness (QED) is 0.668. The molecule has 1 aliphatic carbocycles. The van der Waals surface area contributed by atoms with Crippen molar-refractivity contribution in [1.82, 2.24) is 20.2 Å². The van der Waals surface area contributed by atoms with Gasteiger partial charge in [-0.25, -0.2) is 0 Å². The molecule has 2 heterocycles. The Bertz CT molecular complexity index is 1040. The molecule has 1 fully saturated rings. The van der Waals surface area contributed by atoms with Gasteiger partial charge >= 0.3 is 0 Å². The summed E-state index contributed by atoms with van der Waals surface area (Å²) in [5.41, 5.74) is 1.51. The number of aromatic nitrogens is 4. The molecule has 162 valence electrons. The molecule has 8 heteroatoms. The van der Waals surface area contributed by atoms with E-state index in [1.165, 1.54) is 0 Å². The molecule has 0 saturated heterocycles. The van der Waals surface area contributed by atoms with E-state index in [2.05, 4.69) is 27.8 Å². The molecule has 8 nitrogen and oxygen atoms in total. The van der Waals surface area contributed by atoms with Gasteiger partial charge in [0.05, 0.1) is 18.3 Å². The first-order chi connectivity index (χ1) is 15.2. The van der Waals surface area contributed by atoms with Crippen LogP contribution in [-0.4, -0.2) is 40.5 Å². The molecule has 0 radical (unpaired) electrons. The second-order valence-corrected chi connectivity index (χ2v) is 8.36. The standard InChI is InChI=1S/C23H27N5O3/c1-16-9-11-23(12-10-16,24-17-3-8-20-21(15-17)31-14-13-30-20)22-25-26-27-28(22)18-4-6-19(29-2)7-5-18/h3-8,15-16,24H,9-14H2,1-2H3. The maximum absolute atomic E-state index is 5.79. The lowest BCUT2D eigenvalue weighted by molar-refractivity contribution is 0.171. The van der Waals surface area contributed by atoms with E-state index in [9.17, 15) is 0 Å². The summed E-state index contributed by atoms with van der Waals surface area (Å²) in [4.78, 5) is 0. The van der Waals surface area contributed by atoms with Gasteiger partial charge in [0.25, 0.3) is 0 Å². The molecule has 5 rings (SSSR count). The van der Waals surface area contributed by atoms with Gasteiger partial charge in [-0.05, 0) is 78.4 Å². The van der Waals surface area contributed by atoms with E-state index in [0.29, 0.717) is 19.1 Å². The largest absolute Gasteiger partial charge is 0.497 e. The van der Waals surface area contributed by atoms with Crippen LogP contribution in [0.4, 0.5) is 5.69 Å². The molecule has 3 aromatic rings. The Morgan fingerprint density at radius 2 is 1.77 bits per heavy atom. The van der Waals surface area contributed by atoms with Gasteiger partial charge in [0, 0.05) is 11.8 Å². The van der Waals surface area contributed by atoms with Gasteiger partial charge in [-0.15, -0.1) is 5.10 Å². The minimum absolute atomic E-state index is 0.375. The zero-order valence-electron chi connectivity index (χ0n) is 17.9. The fraction of sp³-hybridized carbons (Fsp3) is 0.435. The normalized spacial score (nSPS) is 22.7. The van der Waals surface area contributed by atoms with E-state index in [4.69, 9.17) is 14.2 Å². The van der Waals surface area contributed by atoms with E-state index >= 15 is 0 Å². The average molecular weight is 422 g/mol. The number of methoxy groups -OCH3 is 1. The van der Waals surface area contributed by atoms with Crippen LogP contribution in [0.1, 0.15) is 38.4 Å². The molecule has 1 N–H and O–H groups in total. The van der Waals surface area contributed by atoms with Crippen LogP contribution in [0.25, 0.3) is 5.69 Å². The Morgan fingerprint density at radius 1 is 1.03 bits per heavy atom. The molecule has 1 aromatic heterocycles. The van der Waals surface area contributed by atoms with Gasteiger partial charge in [0.15, 0.2) is 17.3 Å². The van der Waals surface area contributed by atoms with Gasteiger partial charge in [0.2, 0.25) is 0 Å². The molecular weight excluding hydrogens is 394 g/mol. The number of nitrogens with one attached hydrogen (secondary N) is 1. The fourth-order valence-corrected chi connectivity index (χ4v) is 4.44. The van der Waals surface area contributed by atoms with E-state index in [0.717, 1.165) is 60.1 Å². The highest BCUT2D eigenvalue weighted by atomic mass is 16.6. The summed E-state index contributed by atoms with van der Waals surface area (Å²) >= 11 is 0. The number of anilines is 1. The summed E-state index contributed by atoms with van der Waals surface area (Å²) < 4.78 is 18.6. The number of benzene rings is 2. The van der Waals surface area contributed by atoms with Crippen LogP contribution in [0.15, 0.2) is 42.5 Å². The number of nitrogens with zero attached hydrogens (tertiary/aromatic N) is 4. The van der Waals surface area contributed by atoms with Crippen LogP contribution < -0.4 is 19.5 Å². The lowest BCUT2D eigenvalue weighted by atomic mass is 9.76. The number of rotatable bonds is 5. The van der Waals surface area contributed by atoms with Crippen LogP contribution in [0.2, 0.25) is 0 Å². The zero-order valence-corrected chi connectivity index (χ0v) is 17.9. The topological polar surface area (TPSA) is 83.3 Å². The molecule has 0 bridgehead atoms. The second-order valence-electron chi connectivity index (χ2n) is 8.36. The summed E-state index contributed by atoms with van der Waals surface area (Å²) in [6, 6.07) is 13.8. The maximum Gasteiger partial charge on any atom is 0.181 e. The number of hydrogen-bond acceptors (Lipinski definition) is 7. The van der Waals surface area contributed by atoms with Gasteiger partial charge in [-0.1, -0.05) is 6.92 Å². The molecule has 0 atom stereocenters. The smallest absolute Gasteiger partial charge is 0.181 e. The van der Waals surface area contributed by atoms with E-state index in [1.54, 1.807) is 7.11 Å². The highest BCUT2D eigenvalue weighted by molar-refractivity contribution is 5.57. The third-order valence-corrected chi connectivity index (χ3v) is 6.27. The number of hydrogen-bond donors (Lipinski definition) is 1. The van der Waals surface area contributed by atoms with E-state index in [1.807, 2.05) is 47.1 Å². The van der Waals surface area contributed by atoms with Crippen molar-refractivity contribution in [2.45, 2.75) is 38.1 Å². The van der Waals surface area contributed by atoms with Crippen molar-refractivity contribution in [2.75, 3.05) is 25.6 Å². The second kappa shape index (κ2) is 8.09. The highest BCUT2D eigenvalue weighted by Crippen LogP contribution is 2.43. The minimum atomic E-state index is -0.375. The van der Waals surface area contributed by atoms with Crippen molar-refractivity contribution in [3.63, 3.8) is 0 Å². The van der Waals surface area contributed by atoms with Crippen LogP contribution in [0.3, 0.4) is 0 Å². The SMILES string of the molecule is COc1ccc(-n2nnnc2C2(Nc3ccc4c(c3)OCCO4)CCC(C)CC2)cc1. The number of tetrazole rings is 1. The molecule has 1 saturated carbocycles. The molecule has 1 aliphatic heterocycles. The Balaban J connectivity index is 1.52. The fourth-order valence-electron chi connectivity index (χ4n) is 4.44. The average Bonchev–Trinajstić information content (AvgIpc) is 3.31. The van der Waals surface area contributed by atoms with Crippen molar-refractivity contribution >= 4 is 5.69 Å². The maximum atomic E-state index is 5.79. The summed E-state index contributed by atoms with van der Waals surface area (Å²) in [5.74, 6) is 3.85. The van der Waals surface area contributed by atoms with Crippen LogP contribution in [0.5, 0.6) is 17.2 Å². The Hall–Kier alpha value is -3.29. The lowest BCUT2D eigenvalue weighted by Gasteiger charge is -2.39. The molecule has 0 spiro atoms. The summed E-state index contributed by atoms with van der Waals surface area (Å²) in [6.07, 6.45) is 4.10. The number of fused-ring (bicyclic) bond motifs is 1. The van der Waals surface area contributed by atoms with Crippen LogP contribution in [0, 0.1) is 5.92 Å². The molecule has 31 heavy (non-hydrogen) atoms. The zero-order chi connectivity index (χ0) is 21.3. The van der Waals surface area contributed by atoms with Crippen molar-refractivity contribution in [3.8, 4) is 22.9 Å². The van der Waals surface area contributed by atoms with Crippen LogP contribution >= 0.6 is 0 Å². The van der Waals surface area contributed by atoms with E-state index in [-0.39, 0.29) is 5.54 Å². The van der Waals surface area contributed by atoms with Crippen molar-refractivity contribution < 1.29 is 14.2 Å². The third kappa shape index (κ3) is 3.78. The van der Waals surface area contributed by atoms with Crippen LogP contribution in [-0.2, 0) is 5.54 Å². The first kappa shape index (κ1) is 19.7. The van der Waals surface area contributed by atoms with Gasteiger partial charge in [-0.2, -0.15) is 4.68 Å². The van der Waals surface area contributed by atoms with Gasteiger partial charge in [0.1, 0.15) is 19.0 Å². The Kier molecular flexibility index (Phi) is 5.13. The van der Waals surface area contributed by atoms with Gasteiger partial charge in [-0.3, -0.25) is 0 Å². The predicted octanol–water partition coefficient (Wildman–Crippen LogP) is 3.96. The minimum Gasteiger partial charge on any atom is -0.497 e.